The molecule has 0 aliphatic carbocycles. The number of benzene rings is 1. The van der Waals surface area contributed by atoms with Gasteiger partial charge in [0.25, 0.3) is 0 Å². The van der Waals surface area contributed by atoms with Gasteiger partial charge in [-0.15, -0.1) is 0 Å². The number of hydrogen-bond donors (Lipinski definition) is 3. The summed E-state index contributed by atoms with van der Waals surface area (Å²) >= 11 is 0. The summed E-state index contributed by atoms with van der Waals surface area (Å²) in [5.74, 6) is -0.193. The van der Waals surface area contributed by atoms with E-state index in [2.05, 4.69) is 5.32 Å². The number of carbonyl (C=O) groups excluding carboxylic acids is 1. The van der Waals surface area contributed by atoms with Crippen LogP contribution in [0.4, 0.5) is 0 Å². The van der Waals surface area contributed by atoms with Crippen molar-refractivity contribution in [3.63, 3.8) is 0 Å². The Morgan fingerprint density at radius 2 is 2.16 bits per heavy atom. The Morgan fingerprint density at radius 1 is 1.47 bits per heavy atom. The first kappa shape index (κ1) is 15.6. The van der Waals surface area contributed by atoms with Crippen molar-refractivity contribution < 1.29 is 18.3 Å². The largest absolute Gasteiger partial charge is 0.393 e. The molecule has 1 unspecified atom stereocenters. The molecular formula is C12H18N2O4S. The summed E-state index contributed by atoms with van der Waals surface area (Å²) in [5, 5.41) is 16.7. The van der Waals surface area contributed by atoms with E-state index in [1.54, 1.807) is 19.1 Å². The number of aliphatic hydroxyl groups is 1. The maximum atomic E-state index is 11.4. The Morgan fingerprint density at radius 3 is 2.74 bits per heavy atom. The molecule has 0 saturated heterocycles. The summed E-state index contributed by atoms with van der Waals surface area (Å²) in [6, 6.07) is 6.08. The Kier molecular flexibility index (Phi) is 5.46. The van der Waals surface area contributed by atoms with E-state index in [1.807, 2.05) is 0 Å². The average molecular weight is 286 g/mol. The smallest absolute Gasteiger partial charge is 0.238 e. The monoisotopic (exact) mass is 286 g/mol. The number of primary sulfonamides is 1. The first-order chi connectivity index (χ1) is 8.79. The highest BCUT2D eigenvalue weighted by atomic mass is 32.2. The number of hydrogen-bond acceptors (Lipinski definition) is 4. The van der Waals surface area contributed by atoms with Gasteiger partial charge in [-0.3, -0.25) is 4.79 Å². The van der Waals surface area contributed by atoms with Crippen LogP contribution in [-0.4, -0.2) is 25.5 Å². The molecule has 0 spiro atoms. The van der Waals surface area contributed by atoms with Crippen LogP contribution in [0.2, 0.25) is 0 Å². The predicted octanol–water partition coefficient (Wildman–Crippen LogP) is 0.111. The number of carbonyl (C=O) groups is 1. The zero-order valence-electron chi connectivity index (χ0n) is 10.7. The number of rotatable bonds is 6. The highest BCUT2D eigenvalue weighted by Gasteiger charge is 2.08. The van der Waals surface area contributed by atoms with Crippen LogP contribution in [0.5, 0.6) is 0 Å². The van der Waals surface area contributed by atoms with Crippen LogP contribution in [-0.2, 0) is 21.4 Å². The minimum absolute atomic E-state index is 0.0169. The van der Waals surface area contributed by atoms with Gasteiger partial charge >= 0.3 is 0 Å². The molecule has 7 heteroatoms. The molecule has 1 amide bonds. The van der Waals surface area contributed by atoms with Crippen LogP contribution in [0.15, 0.2) is 29.2 Å². The van der Waals surface area contributed by atoms with E-state index in [-0.39, 0.29) is 23.8 Å². The lowest BCUT2D eigenvalue weighted by molar-refractivity contribution is -0.121. The molecule has 0 fully saturated rings. The minimum Gasteiger partial charge on any atom is -0.393 e. The fourth-order valence-electron chi connectivity index (χ4n) is 1.46. The second-order valence-corrected chi connectivity index (χ2v) is 5.92. The quantitative estimate of drug-likeness (QED) is 0.689. The standard InChI is InChI=1S/C12H18N2O4S/c1-9(15)5-6-12(16)14-8-10-3-2-4-11(7-10)19(13,17)18/h2-4,7,9,15H,5-6,8H2,1H3,(H,14,16)(H2,13,17,18). The fraction of sp³-hybridized carbons (Fsp3) is 0.417. The van der Waals surface area contributed by atoms with Gasteiger partial charge in [0.05, 0.1) is 11.0 Å². The summed E-state index contributed by atoms with van der Waals surface area (Å²) in [4.78, 5) is 11.5. The topological polar surface area (TPSA) is 109 Å². The highest BCUT2D eigenvalue weighted by Crippen LogP contribution is 2.09. The van der Waals surface area contributed by atoms with Crippen molar-refractivity contribution >= 4 is 15.9 Å². The molecule has 0 radical (unpaired) electrons. The molecule has 0 aliphatic rings. The van der Waals surface area contributed by atoms with Crippen LogP contribution < -0.4 is 10.5 Å². The van der Waals surface area contributed by atoms with Crippen molar-refractivity contribution in [2.24, 2.45) is 5.14 Å². The van der Waals surface area contributed by atoms with Gasteiger partial charge < -0.3 is 10.4 Å². The molecule has 0 aromatic heterocycles. The van der Waals surface area contributed by atoms with Crippen LogP contribution in [0.3, 0.4) is 0 Å². The van der Waals surface area contributed by atoms with E-state index in [0.717, 1.165) is 0 Å². The van der Waals surface area contributed by atoms with Gasteiger partial charge in [-0.25, -0.2) is 13.6 Å². The molecular weight excluding hydrogens is 268 g/mol. The van der Waals surface area contributed by atoms with Crippen molar-refractivity contribution in [3.8, 4) is 0 Å². The second-order valence-electron chi connectivity index (χ2n) is 4.36. The summed E-state index contributed by atoms with van der Waals surface area (Å²) in [7, 11) is -3.73. The van der Waals surface area contributed by atoms with Crippen LogP contribution in [0, 0.1) is 0 Å². The van der Waals surface area contributed by atoms with Gasteiger partial charge in [-0.05, 0) is 31.0 Å². The summed E-state index contributed by atoms with van der Waals surface area (Å²) in [6.07, 6.45) is 0.103. The van der Waals surface area contributed by atoms with Crippen molar-refractivity contribution in [1.82, 2.24) is 5.32 Å². The van der Waals surface area contributed by atoms with E-state index in [0.29, 0.717) is 12.0 Å². The third-order valence-electron chi connectivity index (χ3n) is 2.51. The fourth-order valence-corrected chi connectivity index (χ4v) is 2.05. The molecule has 0 saturated carbocycles. The minimum atomic E-state index is -3.73. The van der Waals surface area contributed by atoms with E-state index >= 15 is 0 Å². The van der Waals surface area contributed by atoms with Crippen molar-refractivity contribution in [3.05, 3.63) is 29.8 Å². The molecule has 106 valence electrons. The van der Waals surface area contributed by atoms with Gasteiger partial charge in [0.15, 0.2) is 0 Å². The van der Waals surface area contributed by atoms with E-state index in [9.17, 15) is 13.2 Å². The summed E-state index contributed by atoms with van der Waals surface area (Å²) in [6.45, 7) is 1.84. The van der Waals surface area contributed by atoms with Crippen molar-refractivity contribution in [2.75, 3.05) is 0 Å². The lowest BCUT2D eigenvalue weighted by atomic mass is 10.2. The Bertz CT molecular complexity index is 540. The maximum Gasteiger partial charge on any atom is 0.238 e. The molecule has 1 rings (SSSR count). The van der Waals surface area contributed by atoms with Gasteiger partial charge in [0.1, 0.15) is 0 Å². The third-order valence-corrected chi connectivity index (χ3v) is 3.42. The van der Waals surface area contributed by atoms with Gasteiger partial charge in [-0.1, -0.05) is 12.1 Å². The Balaban J connectivity index is 2.57. The molecule has 0 aliphatic heterocycles. The molecule has 19 heavy (non-hydrogen) atoms. The average Bonchev–Trinajstić information content (AvgIpc) is 2.33. The number of sulfonamides is 1. The summed E-state index contributed by atoms with van der Waals surface area (Å²) < 4.78 is 22.3. The Hall–Kier alpha value is -1.44. The lowest BCUT2D eigenvalue weighted by Gasteiger charge is -2.07. The molecule has 0 heterocycles. The predicted molar refractivity (Wildman–Crippen MR) is 70.6 cm³/mol. The SMILES string of the molecule is CC(O)CCC(=O)NCc1cccc(S(N)(=O)=O)c1. The lowest BCUT2D eigenvalue weighted by Crippen LogP contribution is -2.23. The van der Waals surface area contributed by atoms with Gasteiger partial charge in [-0.2, -0.15) is 0 Å². The number of amides is 1. The zero-order valence-corrected chi connectivity index (χ0v) is 11.5. The van der Waals surface area contributed by atoms with Crippen LogP contribution in [0.25, 0.3) is 0 Å². The number of aliphatic hydroxyl groups excluding tert-OH is 1. The number of nitrogens with two attached hydrogens (primary N) is 1. The molecule has 1 aromatic carbocycles. The molecule has 1 atom stereocenters. The van der Waals surface area contributed by atoms with Crippen LogP contribution in [0.1, 0.15) is 25.3 Å². The van der Waals surface area contributed by atoms with E-state index in [4.69, 9.17) is 10.2 Å². The number of nitrogens with one attached hydrogen (secondary N) is 1. The van der Waals surface area contributed by atoms with Gasteiger partial charge in [0, 0.05) is 13.0 Å². The highest BCUT2D eigenvalue weighted by molar-refractivity contribution is 7.89. The first-order valence-corrected chi connectivity index (χ1v) is 7.40. The van der Waals surface area contributed by atoms with Crippen molar-refractivity contribution in [1.29, 1.82) is 0 Å². The van der Waals surface area contributed by atoms with Crippen LogP contribution >= 0.6 is 0 Å². The molecule has 0 bridgehead atoms. The molecule has 1 aromatic rings. The Labute approximate surface area is 112 Å². The van der Waals surface area contributed by atoms with E-state index < -0.39 is 16.1 Å². The third kappa shape index (κ3) is 5.82. The molecule has 4 N–H and O–H groups in total. The van der Waals surface area contributed by atoms with E-state index in [1.165, 1.54) is 12.1 Å². The first-order valence-electron chi connectivity index (χ1n) is 5.85. The van der Waals surface area contributed by atoms with Crippen molar-refractivity contribution in [2.45, 2.75) is 37.3 Å². The normalized spacial score (nSPS) is 13.0. The summed E-state index contributed by atoms with van der Waals surface area (Å²) in [5.41, 5.74) is 0.650. The molecule has 6 nitrogen and oxygen atoms in total. The zero-order chi connectivity index (χ0) is 14.5. The maximum absolute atomic E-state index is 11.4. The second kappa shape index (κ2) is 6.65. The van der Waals surface area contributed by atoms with Gasteiger partial charge in [0.2, 0.25) is 15.9 Å².